The average Bonchev–Trinajstić information content (AvgIpc) is 2.39. The molecule has 0 bridgehead atoms. The van der Waals surface area contributed by atoms with Gasteiger partial charge in [0.25, 0.3) is 5.69 Å². The molecule has 0 aliphatic carbocycles. The molecule has 0 atom stereocenters. The van der Waals surface area contributed by atoms with Crippen LogP contribution in [0.4, 0.5) is 11.4 Å². The predicted molar refractivity (Wildman–Crippen MR) is 79.4 cm³/mol. The van der Waals surface area contributed by atoms with Gasteiger partial charge < -0.3 is 5.32 Å². The number of nitro groups is 1. The number of halogens is 2. The van der Waals surface area contributed by atoms with E-state index in [-0.39, 0.29) is 5.69 Å². The Labute approximate surface area is 125 Å². The smallest absolute Gasteiger partial charge is 0.269 e. The highest BCUT2D eigenvalue weighted by Gasteiger charge is 2.11. The maximum Gasteiger partial charge on any atom is 0.269 e. The summed E-state index contributed by atoms with van der Waals surface area (Å²) in [5.74, 6) is 0. The predicted octanol–water partition coefficient (Wildman–Crippen LogP) is 4.22. The fourth-order valence-corrected chi connectivity index (χ4v) is 2.19. The van der Waals surface area contributed by atoms with E-state index in [0.29, 0.717) is 28.0 Å². The quantitative estimate of drug-likeness (QED) is 0.521. The first-order valence-corrected chi connectivity index (χ1v) is 6.52. The van der Waals surface area contributed by atoms with Crippen LogP contribution in [0.15, 0.2) is 30.5 Å². The number of hydrogen-bond acceptors (Lipinski definition) is 4. The lowest BCUT2D eigenvalue weighted by Gasteiger charge is -2.11. The van der Waals surface area contributed by atoms with Crippen LogP contribution >= 0.6 is 23.2 Å². The third kappa shape index (κ3) is 3.18. The van der Waals surface area contributed by atoms with Crippen molar-refractivity contribution in [1.82, 2.24) is 4.98 Å². The van der Waals surface area contributed by atoms with Crippen molar-refractivity contribution in [1.29, 1.82) is 0 Å². The Hall–Kier alpha value is -1.85. The Balaban J connectivity index is 2.23. The Morgan fingerprint density at radius 3 is 2.75 bits per heavy atom. The van der Waals surface area contributed by atoms with E-state index in [2.05, 4.69) is 10.3 Å². The molecule has 0 unspecified atom stereocenters. The Kier molecular flexibility index (Phi) is 4.42. The van der Waals surface area contributed by atoms with Crippen molar-refractivity contribution in [2.24, 2.45) is 0 Å². The summed E-state index contributed by atoms with van der Waals surface area (Å²) in [5, 5.41) is 14.7. The number of nitro benzene ring substituents is 1. The largest absolute Gasteiger partial charge is 0.378 e. The summed E-state index contributed by atoms with van der Waals surface area (Å²) in [5.41, 5.74) is 2.25. The molecule has 7 heteroatoms. The molecule has 20 heavy (non-hydrogen) atoms. The van der Waals surface area contributed by atoms with E-state index in [0.717, 1.165) is 5.56 Å². The van der Waals surface area contributed by atoms with Crippen LogP contribution in [0.25, 0.3) is 0 Å². The zero-order valence-electron chi connectivity index (χ0n) is 10.6. The molecule has 1 aromatic heterocycles. The molecule has 104 valence electrons. The molecular formula is C13H11Cl2N3O2. The molecule has 2 rings (SSSR count). The summed E-state index contributed by atoms with van der Waals surface area (Å²) in [6.07, 6.45) is 1.61. The normalized spacial score (nSPS) is 10.3. The van der Waals surface area contributed by atoms with Gasteiger partial charge in [0.1, 0.15) is 0 Å². The lowest BCUT2D eigenvalue weighted by atomic mass is 10.2. The Morgan fingerprint density at radius 1 is 1.35 bits per heavy atom. The highest BCUT2D eigenvalue weighted by atomic mass is 35.5. The molecule has 0 aliphatic rings. The topological polar surface area (TPSA) is 68.1 Å². The second-order valence-electron chi connectivity index (χ2n) is 4.18. The Morgan fingerprint density at radius 2 is 2.10 bits per heavy atom. The van der Waals surface area contributed by atoms with Crippen molar-refractivity contribution in [2.75, 3.05) is 5.32 Å². The van der Waals surface area contributed by atoms with Gasteiger partial charge >= 0.3 is 0 Å². The number of anilines is 1. The molecule has 1 N–H and O–H groups in total. The maximum atomic E-state index is 10.8. The zero-order chi connectivity index (χ0) is 14.7. The van der Waals surface area contributed by atoms with Crippen molar-refractivity contribution in [3.05, 3.63) is 61.9 Å². The second kappa shape index (κ2) is 6.07. The lowest BCUT2D eigenvalue weighted by molar-refractivity contribution is -0.384. The standard InChI is InChI=1S/C13H11Cl2N3O2/c1-8-4-5-16-13(15)12(8)17-7-9-6-10(18(19)20)2-3-11(9)14/h2-6,17H,7H2,1H3. The van der Waals surface area contributed by atoms with Crippen LogP contribution in [0.5, 0.6) is 0 Å². The van der Waals surface area contributed by atoms with Gasteiger partial charge in [-0.2, -0.15) is 0 Å². The summed E-state index contributed by atoms with van der Waals surface area (Å²) in [7, 11) is 0. The van der Waals surface area contributed by atoms with Gasteiger partial charge in [0.05, 0.1) is 10.6 Å². The van der Waals surface area contributed by atoms with Gasteiger partial charge in [-0.3, -0.25) is 10.1 Å². The number of rotatable bonds is 4. The fourth-order valence-electron chi connectivity index (χ4n) is 1.73. The minimum atomic E-state index is -0.456. The highest BCUT2D eigenvalue weighted by molar-refractivity contribution is 6.32. The molecule has 1 aromatic carbocycles. The third-order valence-electron chi connectivity index (χ3n) is 2.81. The summed E-state index contributed by atoms with van der Waals surface area (Å²) in [6, 6.07) is 6.14. The molecule has 0 spiro atoms. The van der Waals surface area contributed by atoms with Crippen molar-refractivity contribution < 1.29 is 4.92 Å². The zero-order valence-corrected chi connectivity index (χ0v) is 12.1. The van der Waals surface area contributed by atoms with Crippen LogP contribution in [0.1, 0.15) is 11.1 Å². The molecule has 0 saturated heterocycles. The highest BCUT2D eigenvalue weighted by Crippen LogP contribution is 2.26. The molecule has 0 radical (unpaired) electrons. The maximum absolute atomic E-state index is 10.8. The molecule has 5 nitrogen and oxygen atoms in total. The summed E-state index contributed by atoms with van der Waals surface area (Å²) < 4.78 is 0. The van der Waals surface area contributed by atoms with E-state index in [4.69, 9.17) is 23.2 Å². The second-order valence-corrected chi connectivity index (χ2v) is 4.95. The molecular weight excluding hydrogens is 301 g/mol. The first kappa shape index (κ1) is 14.6. The molecule has 0 amide bonds. The number of nitrogens with one attached hydrogen (secondary N) is 1. The monoisotopic (exact) mass is 311 g/mol. The minimum absolute atomic E-state index is 0.000190. The van der Waals surface area contributed by atoms with Crippen molar-refractivity contribution >= 4 is 34.6 Å². The van der Waals surface area contributed by atoms with Gasteiger partial charge in [0, 0.05) is 29.9 Å². The van der Waals surface area contributed by atoms with E-state index in [1.807, 2.05) is 13.0 Å². The van der Waals surface area contributed by atoms with Gasteiger partial charge in [0.15, 0.2) is 5.15 Å². The van der Waals surface area contributed by atoms with Gasteiger partial charge in [-0.15, -0.1) is 0 Å². The van der Waals surface area contributed by atoms with Gasteiger partial charge in [-0.25, -0.2) is 4.98 Å². The van der Waals surface area contributed by atoms with Crippen LogP contribution in [0.2, 0.25) is 10.2 Å². The molecule has 0 saturated carbocycles. The lowest BCUT2D eigenvalue weighted by Crippen LogP contribution is -2.03. The molecule has 2 aromatic rings. The van der Waals surface area contributed by atoms with E-state index in [1.165, 1.54) is 18.2 Å². The first-order valence-electron chi connectivity index (χ1n) is 5.77. The number of nitrogens with zero attached hydrogens (tertiary/aromatic N) is 2. The van der Waals surface area contributed by atoms with Crippen molar-refractivity contribution in [3.63, 3.8) is 0 Å². The van der Waals surface area contributed by atoms with Crippen molar-refractivity contribution in [2.45, 2.75) is 13.5 Å². The molecule has 1 heterocycles. The van der Waals surface area contributed by atoms with E-state index >= 15 is 0 Å². The SMILES string of the molecule is Cc1ccnc(Cl)c1NCc1cc([N+](=O)[O-])ccc1Cl. The summed E-state index contributed by atoms with van der Waals surface area (Å²) in [6.45, 7) is 2.22. The van der Waals surface area contributed by atoms with E-state index in [9.17, 15) is 10.1 Å². The summed E-state index contributed by atoms with van der Waals surface area (Å²) in [4.78, 5) is 14.3. The van der Waals surface area contributed by atoms with E-state index in [1.54, 1.807) is 6.20 Å². The number of benzene rings is 1. The first-order chi connectivity index (χ1) is 9.49. The van der Waals surface area contributed by atoms with Crippen molar-refractivity contribution in [3.8, 4) is 0 Å². The van der Waals surface area contributed by atoms with Crippen LogP contribution in [-0.4, -0.2) is 9.91 Å². The van der Waals surface area contributed by atoms with Crippen LogP contribution in [0, 0.1) is 17.0 Å². The van der Waals surface area contributed by atoms with Gasteiger partial charge in [-0.05, 0) is 30.2 Å². The van der Waals surface area contributed by atoms with Gasteiger partial charge in [-0.1, -0.05) is 23.2 Å². The van der Waals surface area contributed by atoms with E-state index < -0.39 is 4.92 Å². The minimum Gasteiger partial charge on any atom is -0.378 e. The molecule has 0 fully saturated rings. The number of non-ortho nitro benzene ring substituents is 1. The van der Waals surface area contributed by atoms with Crippen LogP contribution in [0.3, 0.4) is 0 Å². The number of aryl methyl sites for hydroxylation is 1. The Bertz CT molecular complexity index is 642. The number of pyridine rings is 1. The average molecular weight is 312 g/mol. The number of hydrogen-bond donors (Lipinski definition) is 1. The number of aromatic nitrogens is 1. The van der Waals surface area contributed by atoms with Gasteiger partial charge in [0.2, 0.25) is 0 Å². The summed E-state index contributed by atoms with van der Waals surface area (Å²) >= 11 is 12.0. The third-order valence-corrected chi connectivity index (χ3v) is 3.46. The van der Waals surface area contributed by atoms with Crippen LogP contribution in [-0.2, 0) is 6.54 Å². The fraction of sp³-hybridized carbons (Fsp3) is 0.154. The molecule has 0 aliphatic heterocycles. The van der Waals surface area contributed by atoms with Crippen LogP contribution < -0.4 is 5.32 Å².